The minimum Gasteiger partial charge on any atom is -0.492 e. The molecule has 5 heteroatoms. The molecular weight excluding hydrogens is 338 g/mol. The molecule has 0 radical (unpaired) electrons. The van der Waals surface area contributed by atoms with Gasteiger partial charge in [-0.2, -0.15) is 0 Å². The van der Waals surface area contributed by atoms with Crippen molar-refractivity contribution in [2.45, 2.75) is 38.6 Å². The third-order valence-corrected chi connectivity index (χ3v) is 6.03. The Hall–Kier alpha value is -1.59. The summed E-state index contributed by atoms with van der Waals surface area (Å²) < 4.78 is 5.89. The molecule has 0 N–H and O–H groups in total. The summed E-state index contributed by atoms with van der Waals surface area (Å²) in [6, 6.07) is 8.79. The molecule has 150 valence electrons. The fraction of sp³-hybridized carbons (Fsp3) is 0.682. The molecule has 0 unspecified atom stereocenters. The van der Waals surface area contributed by atoms with Gasteiger partial charge in [-0.3, -0.25) is 9.69 Å². The van der Waals surface area contributed by atoms with Gasteiger partial charge in [-0.05, 0) is 51.6 Å². The first kappa shape index (κ1) is 20.2. The highest BCUT2D eigenvalue weighted by Crippen LogP contribution is 2.28. The number of hydrogen-bond acceptors (Lipinski definition) is 4. The maximum absolute atomic E-state index is 12.6. The summed E-state index contributed by atoms with van der Waals surface area (Å²) in [5.41, 5.74) is 1.29. The van der Waals surface area contributed by atoms with Crippen LogP contribution in [-0.4, -0.2) is 74.0 Å². The summed E-state index contributed by atoms with van der Waals surface area (Å²) in [7, 11) is 4.11. The minimum atomic E-state index is 0.296. The number of benzene rings is 1. The lowest BCUT2D eigenvalue weighted by Crippen LogP contribution is -2.50. The first-order valence-corrected chi connectivity index (χ1v) is 10.4. The van der Waals surface area contributed by atoms with Gasteiger partial charge in [0.25, 0.3) is 0 Å². The fourth-order valence-electron chi connectivity index (χ4n) is 4.18. The van der Waals surface area contributed by atoms with Gasteiger partial charge in [0.05, 0.1) is 0 Å². The van der Waals surface area contributed by atoms with E-state index in [0.29, 0.717) is 24.5 Å². The number of carbonyl (C=O) groups excluding carboxylic acids is 1. The average Bonchev–Trinajstić information content (AvgIpc) is 3.22. The normalized spacial score (nSPS) is 20.2. The number of nitrogens with zero attached hydrogens (tertiary/aromatic N) is 3. The monoisotopic (exact) mass is 373 g/mol. The van der Waals surface area contributed by atoms with Gasteiger partial charge in [-0.1, -0.05) is 25.0 Å². The summed E-state index contributed by atoms with van der Waals surface area (Å²) in [6.07, 6.45) is 4.63. The Bertz CT molecular complexity index is 605. The van der Waals surface area contributed by atoms with Gasteiger partial charge in [0.1, 0.15) is 12.4 Å². The molecule has 3 rings (SSSR count). The van der Waals surface area contributed by atoms with Crippen LogP contribution in [0.5, 0.6) is 5.75 Å². The van der Waals surface area contributed by atoms with Crippen molar-refractivity contribution in [3.8, 4) is 5.75 Å². The zero-order valence-electron chi connectivity index (χ0n) is 17.2. The molecule has 1 aliphatic heterocycles. The number of piperazine rings is 1. The summed E-state index contributed by atoms with van der Waals surface area (Å²) in [5, 5.41) is 0. The van der Waals surface area contributed by atoms with Crippen molar-refractivity contribution in [1.29, 1.82) is 0 Å². The van der Waals surface area contributed by atoms with Crippen molar-refractivity contribution in [2.75, 3.05) is 53.4 Å². The Morgan fingerprint density at radius 1 is 1.19 bits per heavy atom. The van der Waals surface area contributed by atoms with Crippen LogP contribution in [0.25, 0.3) is 0 Å². The maximum Gasteiger partial charge on any atom is 0.225 e. The highest BCUT2D eigenvalue weighted by atomic mass is 16.5. The SMILES string of the molecule is C[C@H](c1cccc(OCCN(C)C)c1)N1CCN(C(=O)C2CCCC2)CC1. The third-order valence-electron chi connectivity index (χ3n) is 6.03. The predicted molar refractivity (Wildman–Crippen MR) is 109 cm³/mol. The molecule has 5 nitrogen and oxygen atoms in total. The highest BCUT2D eigenvalue weighted by molar-refractivity contribution is 5.79. The standard InChI is InChI=1S/C22H35N3O2/c1-18(20-9-6-10-21(17-20)27-16-15-23(2)3)24-11-13-25(14-12-24)22(26)19-7-4-5-8-19/h6,9-10,17-19H,4-5,7-8,11-16H2,1-3H3/t18-/m1/s1. The van der Waals surface area contributed by atoms with Crippen molar-refractivity contribution < 1.29 is 9.53 Å². The number of amides is 1. The quantitative estimate of drug-likeness (QED) is 0.736. The Morgan fingerprint density at radius 3 is 2.56 bits per heavy atom. The number of ether oxygens (including phenoxy) is 1. The third kappa shape index (κ3) is 5.45. The van der Waals surface area contributed by atoms with Crippen LogP contribution in [-0.2, 0) is 4.79 Å². The van der Waals surface area contributed by atoms with E-state index in [9.17, 15) is 4.79 Å². The van der Waals surface area contributed by atoms with Crippen molar-refractivity contribution in [1.82, 2.24) is 14.7 Å². The lowest BCUT2D eigenvalue weighted by atomic mass is 10.0. The van der Waals surface area contributed by atoms with Gasteiger partial charge in [-0.25, -0.2) is 0 Å². The van der Waals surface area contributed by atoms with Gasteiger partial charge in [0, 0.05) is 44.7 Å². The first-order chi connectivity index (χ1) is 13.0. The van der Waals surface area contributed by atoms with Gasteiger partial charge in [-0.15, -0.1) is 0 Å². The molecule has 1 aromatic carbocycles. The lowest BCUT2D eigenvalue weighted by molar-refractivity contribution is -0.137. The van der Waals surface area contributed by atoms with E-state index in [0.717, 1.165) is 51.3 Å². The molecule has 1 heterocycles. The van der Waals surface area contributed by atoms with Crippen molar-refractivity contribution in [2.24, 2.45) is 5.92 Å². The second-order valence-corrected chi connectivity index (χ2v) is 8.24. The van der Waals surface area contributed by atoms with Crippen LogP contribution in [0.1, 0.15) is 44.2 Å². The first-order valence-electron chi connectivity index (χ1n) is 10.4. The van der Waals surface area contributed by atoms with Crippen LogP contribution in [0.15, 0.2) is 24.3 Å². The molecule has 0 bridgehead atoms. The number of hydrogen-bond donors (Lipinski definition) is 0. The molecule has 1 saturated carbocycles. The molecule has 2 fully saturated rings. The van der Waals surface area contributed by atoms with E-state index in [1.165, 1.54) is 18.4 Å². The second-order valence-electron chi connectivity index (χ2n) is 8.24. The molecular formula is C22H35N3O2. The van der Waals surface area contributed by atoms with E-state index in [2.05, 4.69) is 53.9 Å². The Morgan fingerprint density at radius 2 is 1.89 bits per heavy atom. The van der Waals surface area contributed by atoms with Crippen LogP contribution in [0.2, 0.25) is 0 Å². The Balaban J connectivity index is 1.51. The van der Waals surface area contributed by atoms with Crippen LogP contribution in [0, 0.1) is 5.92 Å². The summed E-state index contributed by atoms with van der Waals surface area (Å²) in [5.74, 6) is 1.64. The van der Waals surface area contributed by atoms with E-state index < -0.39 is 0 Å². The molecule has 0 spiro atoms. The molecule has 1 aliphatic carbocycles. The summed E-state index contributed by atoms with van der Waals surface area (Å²) >= 11 is 0. The molecule has 1 saturated heterocycles. The highest BCUT2D eigenvalue weighted by Gasteiger charge is 2.30. The van der Waals surface area contributed by atoms with Crippen LogP contribution < -0.4 is 4.74 Å². The van der Waals surface area contributed by atoms with Gasteiger partial charge in [0.15, 0.2) is 0 Å². The van der Waals surface area contributed by atoms with Gasteiger partial charge < -0.3 is 14.5 Å². The number of carbonyl (C=O) groups is 1. The predicted octanol–water partition coefficient (Wildman–Crippen LogP) is 3.02. The fourth-order valence-corrected chi connectivity index (χ4v) is 4.18. The molecule has 0 aromatic heterocycles. The average molecular weight is 374 g/mol. The van der Waals surface area contributed by atoms with E-state index >= 15 is 0 Å². The van der Waals surface area contributed by atoms with E-state index in [4.69, 9.17) is 4.74 Å². The van der Waals surface area contributed by atoms with Crippen LogP contribution >= 0.6 is 0 Å². The summed E-state index contributed by atoms with van der Waals surface area (Å²) in [6.45, 7) is 7.49. The van der Waals surface area contributed by atoms with Crippen LogP contribution in [0.4, 0.5) is 0 Å². The Labute approximate surface area is 164 Å². The molecule has 1 aromatic rings. The maximum atomic E-state index is 12.6. The van der Waals surface area contributed by atoms with Crippen molar-refractivity contribution in [3.63, 3.8) is 0 Å². The molecule has 1 atom stereocenters. The number of rotatable bonds is 7. The van der Waals surface area contributed by atoms with Crippen molar-refractivity contribution in [3.05, 3.63) is 29.8 Å². The van der Waals surface area contributed by atoms with Crippen molar-refractivity contribution >= 4 is 5.91 Å². The van der Waals surface area contributed by atoms with E-state index in [1.54, 1.807) is 0 Å². The van der Waals surface area contributed by atoms with E-state index in [-0.39, 0.29) is 0 Å². The molecule has 27 heavy (non-hydrogen) atoms. The smallest absolute Gasteiger partial charge is 0.225 e. The minimum absolute atomic E-state index is 0.296. The molecule has 1 amide bonds. The largest absolute Gasteiger partial charge is 0.492 e. The summed E-state index contributed by atoms with van der Waals surface area (Å²) in [4.78, 5) is 19.3. The molecule has 2 aliphatic rings. The van der Waals surface area contributed by atoms with Crippen LogP contribution in [0.3, 0.4) is 0 Å². The number of likely N-dealkylation sites (N-methyl/N-ethyl adjacent to an activating group) is 1. The Kier molecular flexibility index (Phi) is 7.13. The zero-order chi connectivity index (χ0) is 19.2. The second kappa shape index (κ2) is 9.56. The van der Waals surface area contributed by atoms with E-state index in [1.807, 2.05) is 6.07 Å². The zero-order valence-corrected chi connectivity index (χ0v) is 17.2. The lowest BCUT2D eigenvalue weighted by Gasteiger charge is -2.39. The van der Waals surface area contributed by atoms with Gasteiger partial charge >= 0.3 is 0 Å². The van der Waals surface area contributed by atoms with Gasteiger partial charge in [0.2, 0.25) is 5.91 Å². The topological polar surface area (TPSA) is 36.0 Å².